The Hall–Kier alpha value is -2.32. The second-order valence-electron chi connectivity index (χ2n) is 8.58. The highest BCUT2D eigenvalue weighted by Gasteiger charge is 2.51. The smallest absolute Gasteiger partial charge is 0.332 e. The van der Waals surface area contributed by atoms with Crippen molar-refractivity contribution in [3.8, 4) is 0 Å². The van der Waals surface area contributed by atoms with Crippen molar-refractivity contribution in [2.75, 3.05) is 0 Å². The molecule has 0 unspecified atom stereocenters. The lowest BCUT2D eigenvalue weighted by Crippen LogP contribution is -2.62. The first-order chi connectivity index (χ1) is 13.1. The first-order valence-corrected chi connectivity index (χ1v) is 9.52. The summed E-state index contributed by atoms with van der Waals surface area (Å²) in [6.07, 6.45) is 2.32. The summed E-state index contributed by atoms with van der Waals surface area (Å²) in [6, 6.07) is 0.772. The van der Waals surface area contributed by atoms with Gasteiger partial charge in [-0.05, 0) is 62.3 Å². The number of rotatable bonds is 3. The van der Waals surface area contributed by atoms with Gasteiger partial charge < -0.3 is 9.88 Å². The molecular weight excluding hydrogens is 375 g/mol. The molecule has 6 nitrogen and oxygen atoms in total. The number of carbonyl (C=O) groups excluding carboxylic acids is 2. The lowest BCUT2D eigenvalue weighted by molar-refractivity contribution is -0.138. The van der Waals surface area contributed by atoms with E-state index in [9.17, 15) is 27.6 Å². The summed E-state index contributed by atoms with van der Waals surface area (Å²) in [5, 5.41) is 5.11. The van der Waals surface area contributed by atoms with Gasteiger partial charge in [-0.3, -0.25) is 14.9 Å². The zero-order valence-electron chi connectivity index (χ0n) is 15.2. The number of hydrogen-bond donors (Lipinski definition) is 2. The molecule has 3 amide bonds. The van der Waals surface area contributed by atoms with E-state index in [0.717, 1.165) is 25.3 Å². The van der Waals surface area contributed by atoms with Crippen molar-refractivity contribution in [2.45, 2.75) is 56.8 Å². The maximum absolute atomic E-state index is 12.8. The molecule has 0 atom stereocenters. The van der Waals surface area contributed by atoms with Crippen LogP contribution in [0.15, 0.2) is 23.1 Å². The van der Waals surface area contributed by atoms with Crippen LogP contribution < -0.4 is 16.2 Å². The third kappa shape index (κ3) is 3.79. The van der Waals surface area contributed by atoms with E-state index < -0.39 is 35.8 Å². The number of halogens is 3. The second-order valence-corrected chi connectivity index (χ2v) is 8.58. The predicted molar refractivity (Wildman–Crippen MR) is 93.3 cm³/mol. The van der Waals surface area contributed by atoms with E-state index in [1.165, 1.54) is 19.3 Å². The van der Waals surface area contributed by atoms with Gasteiger partial charge in [-0.2, -0.15) is 13.2 Å². The molecule has 1 aromatic heterocycles. The number of alkyl halides is 3. The van der Waals surface area contributed by atoms with Gasteiger partial charge in [0.25, 0.3) is 5.56 Å². The molecular formula is C19H22F3N3O3. The zero-order chi connectivity index (χ0) is 20.1. The van der Waals surface area contributed by atoms with Gasteiger partial charge in [0.15, 0.2) is 0 Å². The molecule has 152 valence electrons. The number of nitrogens with zero attached hydrogens (tertiary/aromatic N) is 1. The van der Waals surface area contributed by atoms with Crippen molar-refractivity contribution in [3.63, 3.8) is 0 Å². The summed E-state index contributed by atoms with van der Waals surface area (Å²) in [7, 11) is 0. The fourth-order valence-electron chi connectivity index (χ4n) is 5.68. The molecule has 4 saturated carbocycles. The molecule has 0 aromatic carbocycles. The number of aromatic nitrogens is 1. The van der Waals surface area contributed by atoms with Crippen LogP contribution in [0.5, 0.6) is 0 Å². The fourth-order valence-corrected chi connectivity index (χ4v) is 5.68. The first-order valence-electron chi connectivity index (χ1n) is 9.52. The molecule has 9 heteroatoms. The highest BCUT2D eigenvalue weighted by atomic mass is 19.4. The van der Waals surface area contributed by atoms with Gasteiger partial charge in [0.2, 0.25) is 5.91 Å². The van der Waals surface area contributed by atoms with Crippen LogP contribution in [0.25, 0.3) is 0 Å². The van der Waals surface area contributed by atoms with Crippen molar-refractivity contribution in [1.82, 2.24) is 15.2 Å². The summed E-state index contributed by atoms with van der Waals surface area (Å²) in [6.45, 7) is -0.656. The van der Waals surface area contributed by atoms with Gasteiger partial charge in [-0.25, -0.2) is 4.79 Å². The van der Waals surface area contributed by atoms with Crippen molar-refractivity contribution >= 4 is 11.9 Å². The highest BCUT2D eigenvalue weighted by molar-refractivity contribution is 5.94. The minimum atomic E-state index is -4.62. The topological polar surface area (TPSA) is 80.2 Å². The molecule has 4 aliphatic carbocycles. The number of hydrogen-bond acceptors (Lipinski definition) is 3. The average molecular weight is 397 g/mol. The molecule has 28 heavy (non-hydrogen) atoms. The highest BCUT2D eigenvalue weighted by Crippen LogP contribution is 2.55. The molecule has 0 saturated heterocycles. The van der Waals surface area contributed by atoms with E-state index in [1.54, 1.807) is 0 Å². The normalized spacial score (nSPS) is 30.9. The Morgan fingerprint density at radius 1 is 1.07 bits per heavy atom. The molecule has 4 fully saturated rings. The van der Waals surface area contributed by atoms with Gasteiger partial charge in [-0.15, -0.1) is 0 Å². The summed E-state index contributed by atoms with van der Waals surface area (Å²) in [5.41, 5.74) is -2.06. The van der Waals surface area contributed by atoms with Crippen LogP contribution in [-0.2, 0) is 17.5 Å². The molecule has 0 spiro atoms. The van der Waals surface area contributed by atoms with Crippen LogP contribution in [0.1, 0.15) is 44.1 Å². The minimum absolute atomic E-state index is 0.286. The van der Waals surface area contributed by atoms with E-state index in [1.807, 2.05) is 0 Å². The Morgan fingerprint density at radius 3 is 2.18 bits per heavy atom. The molecule has 4 bridgehead atoms. The van der Waals surface area contributed by atoms with E-state index in [4.69, 9.17) is 0 Å². The SMILES string of the molecule is O=C(Cn1cc(C(F)(F)F)ccc1=O)NC(=O)NC12CC3CC(CC(C3)C1)C2. The fraction of sp³-hybridized carbons (Fsp3) is 0.632. The Bertz CT molecular complexity index is 827. The van der Waals surface area contributed by atoms with Gasteiger partial charge in [-0.1, -0.05) is 0 Å². The van der Waals surface area contributed by atoms with Crippen molar-refractivity contribution in [2.24, 2.45) is 17.8 Å². The standard InChI is InChI=1S/C19H22F3N3O3/c20-19(21,22)14-1-2-16(27)25(9-14)10-15(26)23-17(28)24-18-6-11-3-12(7-18)5-13(4-11)8-18/h1-2,9,11-13H,3-8,10H2,(H2,23,24,26,28). The minimum Gasteiger partial charge on any atom is -0.332 e. The van der Waals surface area contributed by atoms with E-state index >= 15 is 0 Å². The Kier molecular flexibility index (Phi) is 4.50. The molecule has 0 aliphatic heterocycles. The largest absolute Gasteiger partial charge is 0.417 e. The third-order valence-electron chi connectivity index (χ3n) is 6.29. The number of imide groups is 1. The monoisotopic (exact) mass is 397 g/mol. The van der Waals surface area contributed by atoms with Gasteiger partial charge >= 0.3 is 12.2 Å². The summed E-state index contributed by atoms with van der Waals surface area (Å²) < 4.78 is 39.0. The number of urea groups is 1. The first kappa shape index (κ1) is 19.0. The lowest BCUT2D eigenvalue weighted by atomic mass is 9.53. The number of amides is 3. The lowest BCUT2D eigenvalue weighted by Gasteiger charge is -2.56. The van der Waals surface area contributed by atoms with Crippen LogP contribution in [0, 0.1) is 17.8 Å². The molecule has 1 aromatic rings. The zero-order valence-corrected chi connectivity index (χ0v) is 15.2. The number of carbonyl (C=O) groups is 2. The van der Waals surface area contributed by atoms with E-state index in [2.05, 4.69) is 10.6 Å². The third-order valence-corrected chi connectivity index (χ3v) is 6.29. The molecule has 0 radical (unpaired) electrons. The van der Waals surface area contributed by atoms with Crippen LogP contribution in [-0.4, -0.2) is 22.0 Å². The second kappa shape index (κ2) is 6.63. The Labute approximate surface area is 159 Å². The van der Waals surface area contributed by atoms with Gasteiger partial charge in [0.1, 0.15) is 6.54 Å². The molecule has 1 heterocycles. The Balaban J connectivity index is 1.38. The summed E-state index contributed by atoms with van der Waals surface area (Å²) in [5.74, 6) is 1.02. The summed E-state index contributed by atoms with van der Waals surface area (Å²) >= 11 is 0. The van der Waals surface area contributed by atoms with Crippen LogP contribution >= 0.6 is 0 Å². The van der Waals surface area contributed by atoms with E-state index in [-0.39, 0.29) is 5.54 Å². The Morgan fingerprint density at radius 2 is 1.64 bits per heavy atom. The van der Waals surface area contributed by atoms with Gasteiger partial charge in [0, 0.05) is 17.8 Å². The number of nitrogens with one attached hydrogen (secondary N) is 2. The average Bonchev–Trinajstić information content (AvgIpc) is 2.53. The molecule has 5 rings (SSSR count). The van der Waals surface area contributed by atoms with E-state index in [0.29, 0.717) is 34.6 Å². The van der Waals surface area contributed by atoms with Gasteiger partial charge in [0.05, 0.1) is 5.56 Å². The van der Waals surface area contributed by atoms with Crippen molar-refractivity contribution in [1.29, 1.82) is 0 Å². The summed E-state index contributed by atoms with van der Waals surface area (Å²) in [4.78, 5) is 36.2. The molecule has 4 aliphatic rings. The molecule has 2 N–H and O–H groups in total. The maximum atomic E-state index is 12.8. The van der Waals surface area contributed by atoms with Crippen LogP contribution in [0.2, 0.25) is 0 Å². The maximum Gasteiger partial charge on any atom is 0.417 e. The van der Waals surface area contributed by atoms with Crippen molar-refractivity contribution < 1.29 is 22.8 Å². The quantitative estimate of drug-likeness (QED) is 0.823. The van der Waals surface area contributed by atoms with Crippen LogP contribution in [0.4, 0.5) is 18.0 Å². The van der Waals surface area contributed by atoms with Crippen LogP contribution in [0.3, 0.4) is 0 Å². The van der Waals surface area contributed by atoms with Crippen molar-refractivity contribution in [3.05, 3.63) is 34.2 Å². The number of pyridine rings is 1. The predicted octanol–water partition coefficient (Wildman–Crippen LogP) is 2.66.